The van der Waals surface area contributed by atoms with Crippen molar-refractivity contribution in [2.45, 2.75) is 13.5 Å². The molecule has 6 heteroatoms. The monoisotopic (exact) mass is 499 g/mol. The van der Waals surface area contributed by atoms with Crippen LogP contribution in [-0.4, -0.2) is 15.5 Å². The molecule has 2 aromatic heterocycles. The fourth-order valence-corrected chi connectivity index (χ4v) is 4.15. The van der Waals surface area contributed by atoms with Crippen LogP contribution in [0.15, 0.2) is 72.2 Å². The summed E-state index contributed by atoms with van der Waals surface area (Å²) in [5, 5.41) is 6.02. The summed E-state index contributed by atoms with van der Waals surface area (Å²) in [7, 11) is 0. The average Bonchev–Trinajstić information content (AvgIpc) is 3.31. The number of carbonyl (C=O) groups is 1. The molecule has 0 aliphatic carbocycles. The van der Waals surface area contributed by atoms with E-state index in [1.54, 1.807) is 11.3 Å². The Morgan fingerprint density at radius 3 is 2.64 bits per heavy atom. The molecule has 0 saturated heterocycles. The minimum absolute atomic E-state index is 0.118. The van der Waals surface area contributed by atoms with Gasteiger partial charge in [-0.15, -0.1) is 11.3 Å². The van der Waals surface area contributed by atoms with E-state index < -0.39 is 0 Å². The highest BCUT2D eigenvalue weighted by atomic mass is 127. The number of anilines is 1. The molecular weight excluding hydrogens is 481 g/mol. The molecule has 140 valence electrons. The SMILES string of the molecule is Cc1cc(C(=O)Nc2ccc(I)cc2)n(Cc2csc(-c3ccccc3)n2)c1. The maximum absolute atomic E-state index is 12.8. The Morgan fingerprint density at radius 1 is 1.14 bits per heavy atom. The first kappa shape index (κ1) is 18.9. The van der Waals surface area contributed by atoms with Gasteiger partial charge in [-0.3, -0.25) is 4.79 Å². The Morgan fingerprint density at radius 2 is 1.89 bits per heavy atom. The molecule has 0 radical (unpaired) electrons. The van der Waals surface area contributed by atoms with Crippen molar-refractivity contribution in [1.82, 2.24) is 9.55 Å². The number of rotatable bonds is 5. The molecule has 2 aromatic carbocycles. The van der Waals surface area contributed by atoms with Crippen molar-refractivity contribution in [3.63, 3.8) is 0 Å². The molecule has 0 bridgehead atoms. The van der Waals surface area contributed by atoms with Crippen molar-refractivity contribution in [3.05, 3.63) is 92.8 Å². The number of halogens is 1. The van der Waals surface area contributed by atoms with E-state index in [1.165, 1.54) is 0 Å². The van der Waals surface area contributed by atoms with Gasteiger partial charge in [-0.1, -0.05) is 30.3 Å². The summed E-state index contributed by atoms with van der Waals surface area (Å²) < 4.78 is 3.09. The highest BCUT2D eigenvalue weighted by Gasteiger charge is 2.14. The van der Waals surface area contributed by atoms with E-state index in [0.717, 1.165) is 31.1 Å². The Hall–Kier alpha value is -2.45. The van der Waals surface area contributed by atoms with Gasteiger partial charge in [-0.2, -0.15) is 0 Å². The molecule has 4 rings (SSSR count). The summed E-state index contributed by atoms with van der Waals surface area (Å²) in [5.74, 6) is -0.118. The van der Waals surface area contributed by atoms with Gasteiger partial charge in [0.05, 0.1) is 12.2 Å². The van der Waals surface area contributed by atoms with E-state index in [1.807, 2.05) is 66.2 Å². The van der Waals surface area contributed by atoms with Crippen molar-refractivity contribution >= 4 is 45.5 Å². The van der Waals surface area contributed by atoms with Gasteiger partial charge in [0.2, 0.25) is 0 Å². The minimum Gasteiger partial charge on any atom is -0.337 e. The van der Waals surface area contributed by atoms with E-state index in [9.17, 15) is 4.79 Å². The topological polar surface area (TPSA) is 46.9 Å². The first-order valence-corrected chi connectivity index (χ1v) is 10.8. The molecule has 1 amide bonds. The Kier molecular flexibility index (Phi) is 5.59. The molecule has 0 saturated carbocycles. The van der Waals surface area contributed by atoms with Crippen LogP contribution in [0, 0.1) is 10.5 Å². The lowest BCUT2D eigenvalue weighted by Gasteiger charge is -2.09. The van der Waals surface area contributed by atoms with Crippen LogP contribution >= 0.6 is 33.9 Å². The van der Waals surface area contributed by atoms with Crippen LogP contribution in [0.4, 0.5) is 5.69 Å². The van der Waals surface area contributed by atoms with Gasteiger partial charge in [-0.25, -0.2) is 4.98 Å². The van der Waals surface area contributed by atoms with Gasteiger partial charge >= 0.3 is 0 Å². The number of benzene rings is 2. The van der Waals surface area contributed by atoms with Gasteiger partial charge in [0, 0.05) is 26.4 Å². The molecule has 4 aromatic rings. The zero-order chi connectivity index (χ0) is 19.5. The van der Waals surface area contributed by atoms with Crippen LogP contribution in [0.2, 0.25) is 0 Å². The molecule has 1 N–H and O–H groups in total. The van der Waals surface area contributed by atoms with Crippen molar-refractivity contribution in [2.75, 3.05) is 5.32 Å². The number of aryl methyl sites for hydroxylation is 1. The van der Waals surface area contributed by atoms with Crippen molar-refractivity contribution in [3.8, 4) is 10.6 Å². The van der Waals surface area contributed by atoms with Gasteiger partial charge in [0.25, 0.3) is 5.91 Å². The number of carbonyl (C=O) groups excluding carboxylic acids is 1. The Balaban J connectivity index is 1.54. The van der Waals surface area contributed by atoms with Gasteiger partial charge in [0.15, 0.2) is 0 Å². The number of aromatic nitrogens is 2. The van der Waals surface area contributed by atoms with Gasteiger partial charge < -0.3 is 9.88 Å². The zero-order valence-electron chi connectivity index (χ0n) is 15.2. The fourth-order valence-electron chi connectivity index (χ4n) is 2.97. The summed E-state index contributed by atoms with van der Waals surface area (Å²) in [6.45, 7) is 2.56. The second kappa shape index (κ2) is 8.28. The fraction of sp³-hybridized carbons (Fsp3) is 0.0909. The first-order valence-electron chi connectivity index (χ1n) is 8.82. The Labute approximate surface area is 181 Å². The van der Waals surface area contributed by atoms with Gasteiger partial charge in [-0.05, 0) is 65.4 Å². The second-order valence-corrected chi connectivity index (χ2v) is 8.61. The van der Waals surface area contributed by atoms with Crippen molar-refractivity contribution < 1.29 is 4.79 Å². The Bertz CT molecular complexity index is 1100. The van der Waals surface area contributed by atoms with Crippen molar-refractivity contribution in [2.24, 2.45) is 0 Å². The molecule has 0 spiro atoms. The normalized spacial score (nSPS) is 10.8. The van der Waals surface area contributed by atoms with Crippen LogP contribution in [0.3, 0.4) is 0 Å². The maximum Gasteiger partial charge on any atom is 0.272 e. The van der Waals surface area contributed by atoms with Crippen molar-refractivity contribution in [1.29, 1.82) is 0 Å². The third kappa shape index (κ3) is 4.34. The second-order valence-electron chi connectivity index (χ2n) is 6.50. The lowest BCUT2D eigenvalue weighted by Crippen LogP contribution is -2.17. The summed E-state index contributed by atoms with van der Waals surface area (Å²) >= 11 is 3.87. The van der Waals surface area contributed by atoms with E-state index >= 15 is 0 Å². The predicted octanol–water partition coefficient (Wildman–Crippen LogP) is 5.83. The lowest BCUT2D eigenvalue weighted by atomic mass is 10.2. The van der Waals surface area contributed by atoms with Crippen LogP contribution in [0.5, 0.6) is 0 Å². The smallest absolute Gasteiger partial charge is 0.272 e. The number of nitrogens with zero attached hydrogens (tertiary/aromatic N) is 2. The number of nitrogens with one attached hydrogen (secondary N) is 1. The van der Waals surface area contributed by atoms with Crippen LogP contribution < -0.4 is 5.32 Å². The highest BCUT2D eigenvalue weighted by molar-refractivity contribution is 14.1. The van der Waals surface area contributed by atoms with E-state index in [2.05, 4.69) is 45.4 Å². The molecule has 28 heavy (non-hydrogen) atoms. The molecule has 0 unspecified atom stereocenters. The van der Waals surface area contributed by atoms with Crippen LogP contribution in [0.1, 0.15) is 21.7 Å². The van der Waals surface area contributed by atoms with Crippen LogP contribution in [-0.2, 0) is 6.54 Å². The standard InChI is InChI=1S/C22H18IN3OS/c1-15-11-20(21(27)24-18-9-7-17(23)8-10-18)26(12-15)13-19-14-28-22(25-19)16-5-3-2-4-6-16/h2-12,14H,13H2,1H3,(H,24,27). The average molecular weight is 499 g/mol. The van der Waals surface area contributed by atoms with E-state index in [0.29, 0.717) is 12.2 Å². The molecule has 0 aliphatic heterocycles. The lowest BCUT2D eigenvalue weighted by molar-refractivity contribution is 0.101. The number of thiazole rings is 1. The summed E-state index contributed by atoms with van der Waals surface area (Å²) in [4.78, 5) is 17.5. The molecular formula is C22H18IN3OS. The van der Waals surface area contributed by atoms with Gasteiger partial charge in [0.1, 0.15) is 10.7 Å². The summed E-state index contributed by atoms with van der Waals surface area (Å²) in [5.41, 5.74) is 4.52. The quantitative estimate of drug-likeness (QED) is 0.352. The van der Waals surface area contributed by atoms with E-state index in [4.69, 9.17) is 4.98 Å². The molecule has 0 fully saturated rings. The minimum atomic E-state index is -0.118. The summed E-state index contributed by atoms with van der Waals surface area (Å²) in [6.07, 6.45) is 1.99. The predicted molar refractivity (Wildman–Crippen MR) is 123 cm³/mol. The molecule has 2 heterocycles. The number of hydrogen-bond acceptors (Lipinski definition) is 3. The third-order valence-electron chi connectivity index (χ3n) is 4.27. The zero-order valence-corrected chi connectivity index (χ0v) is 18.2. The maximum atomic E-state index is 12.8. The van der Waals surface area contributed by atoms with Crippen LogP contribution in [0.25, 0.3) is 10.6 Å². The molecule has 4 nitrogen and oxygen atoms in total. The highest BCUT2D eigenvalue weighted by Crippen LogP contribution is 2.24. The van der Waals surface area contributed by atoms with E-state index in [-0.39, 0.29) is 5.91 Å². The number of amides is 1. The third-order valence-corrected chi connectivity index (χ3v) is 5.93. The molecule has 0 atom stereocenters. The molecule has 0 aliphatic rings. The summed E-state index contributed by atoms with van der Waals surface area (Å²) in [6, 6.07) is 19.8. The number of hydrogen-bond donors (Lipinski definition) is 1. The first-order chi connectivity index (χ1) is 13.6. The largest absolute Gasteiger partial charge is 0.337 e.